The van der Waals surface area contributed by atoms with Crippen LogP contribution in [0.5, 0.6) is 0 Å². The molecule has 0 unspecified atom stereocenters. The van der Waals surface area contributed by atoms with Crippen LogP contribution in [0.2, 0.25) is 0 Å². The number of hydrogen-bond acceptors (Lipinski definition) is 2. The fraction of sp³-hybridized carbons (Fsp3) is 0.250. The van der Waals surface area contributed by atoms with Gasteiger partial charge in [0.15, 0.2) is 0 Å². The van der Waals surface area contributed by atoms with E-state index in [-0.39, 0.29) is 5.56 Å². The Bertz CT molecular complexity index is 871. The zero-order valence-electron chi connectivity index (χ0n) is 12.5. The highest BCUT2D eigenvalue weighted by atomic mass is 16.4. The molecule has 21 heavy (non-hydrogen) atoms. The van der Waals surface area contributed by atoms with Crippen LogP contribution in [0.4, 0.5) is 0 Å². The molecule has 2 aromatic heterocycles. The molecule has 3 aromatic rings. The lowest BCUT2D eigenvalue weighted by Crippen LogP contribution is -2.02. The van der Waals surface area contributed by atoms with Crippen molar-refractivity contribution >= 4 is 16.9 Å². The summed E-state index contributed by atoms with van der Waals surface area (Å²) in [5.74, 6) is -0.957. The predicted molar refractivity (Wildman–Crippen MR) is 81.6 cm³/mol. The maximum absolute atomic E-state index is 11.5. The lowest BCUT2D eigenvalue weighted by atomic mass is 10.0. The summed E-state index contributed by atoms with van der Waals surface area (Å²) in [6.07, 6.45) is 1.41. The van der Waals surface area contributed by atoms with E-state index in [0.29, 0.717) is 5.69 Å². The standard InChI is InChI=1S/C16H17N3O2/c1-9-5-6-11-13(7-9)18(3)10(2)14(11)15-12(16(20)21)8-17-19(15)4/h5-8H,1-4H3,(H,20,21). The number of benzene rings is 1. The maximum Gasteiger partial charge on any atom is 0.339 e. The lowest BCUT2D eigenvalue weighted by molar-refractivity contribution is 0.0697. The van der Waals surface area contributed by atoms with Gasteiger partial charge in [0, 0.05) is 36.3 Å². The molecule has 1 aromatic carbocycles. The number of carbonyl (C=O) groups is 1. The third-order valence-electron chi connectivity index (χ3n) is 4.05. The number of aromatic nitrogens is 3. The van der Waals surface area contributed by atoms with Gasteiger partial charge in [-0.05, 0) is 25.5 Å². The third-order valence-corrected chi connectivity index (χ3v) is 4.05. The zero-order chi connectivity index (χ0) is 15.3. The number of nitrogens with zero attached hydrogens (tertiary/aromatic N) is 3. The number of rotatable bonds is 2. The van der Waals surface area contributed by atoms with E-state index in [1.165, 1.54) is 11.8 Å². The van der Waals surface area contributed by atoms with Gasteiger partial charge in [-0.2, -0.15) is 5.10 Å². The first-order valence-electron chi connectivity index (χ1n) is 6.73. The van der Waals surface area contributed by atoms with Crippen molar-refractivity contribution in [3.05, 3.63) is 41.2 Å². The van der Waals surface area contributed by atoms with E-state index in [9.17, 15) is 9.90 Å². The van der Waals surface area contributed by atoms with Crippen molar-refractivity contribution in [2.75, 3.05) is 0 Å². The fourth-order valence-corrected chi connectivity index (χ4v) is 2.86. The summed E-state index contributed by atoms with van der Waals surface area (Å²) in [5.41, 5.74) is 5.12. The number of aromatic carboxylic acids is 1. The zero-order valence-corrected chi connectivity index (χ0v) is 12.5. The molecule has 1 N–H and O–H groups in total. The van der Waals surface area contributed by atoms with Gasteiger partial charge in [0.1, 0.15) is 5.56 Å². The highest BCUT2D eigenvalue weighted by molar-refractivity contribution is 6.03. The summed E-state index contributed by atoms with van der Waals surface area (Å²) in [4.78, 5) is 11.5. The molecule has 0 amide bonds. The number of hydrogen-bond donors (Lipinski definition) is 1. The van der Waals surface area contributed by atoms with E-state index in [4.69, 9.17) is 0 Å². The van der Waals surface area contributed by atoms with Crippen molar-refractivity contribution in [2.24, 2.45) is 14.1 Å². The molecule has 2 heterocycles. The molecule has 108 valence electrons. The Kier molecular flexibility index (Phi) is 2.86. The Labute approximate surface area is 122 Å². The van der Waals surface area contributed by atoms with Gasteiger partial charge in [-0.3, -0.25) is 4.68 Å². The summed E-state index contributed by atoms with van der Waals surface area (Å²) in [5, 5.41) is 14.6. The van der Waals surface area contributed by atoms with Crippen molar-refractivity contribution in [2.45, 2.75) is 13.8 Å². The fourth-order valence-electron chi connectivity index (χ4n) is 2.86. The molecule has 0 bridgehead atoms. The molecule has 0 spiro atoms. The summed E-state index contributed by atoms with van der Waals surface area (Å²) in [6.45, 7) is 4.05. The maximum atomic E-state index is 11.5. The number of aryl methyl sites for hydroxylation is 3. The summed E-state index contributed by atoms with van der Waals surface area (Å²) >= 11 is 0. The molecule has 0 saturated carbocycles. The Morgan fingerprint density at radius 3 is 2.62 bits per heavy atom. The molecular formula is C16H17N3O2. The van der Waals surface area contributed by atoms with Crippen molar-refractivity contribution < 1.29 is 9.90 Å². The van der Waals surface area contributed by atoms with Crippen molar-refractivity contribution in [3.63, 3.8) is 0 Å². The van der Waals surface area contributed by atoms with Gasteiger partial charge < -0.3 is 9.67 Å². The Morgan fingerprint density at radius 1 is 1.24 bits per heavy atom. The van der Waals surface area contributed by atoms with Crippen molar-refractivity contribution in [1.29, 1.82) is 0 Å². The van der Waals surface area contributed by atoms with Crippen LogP contribution in [0.1, 0.15) is 21.6 Å². The Hall–Kier alpha value is -2.56. The first kappa shape index (κ1) is 13.4. The predicted octanol–water partition coefficient (Wildman–Crippen LogP) is 2.89. The molecule has 0 aliphatic heterocycles. The molecule has 5 heteroatoms. The lowest BCUT2D eigenvalue weighted by Gasteiger charge is -2.05. The first-order chi connectivity index (χ1) is 9.91. The minimum atomic E-state index is -0.957. The SMILES string of the molecule is Cc1ccc2c(-c3c(C(=O)O)cnn3C)c(C)n(C)c2c1. The van der Waals surface area contributed by atoms with Gasteiger partial charge in [-0.25, -0.2) is 4.79 Å². The number of carboxylic acids is 1. The smallest absolute Gasteiger partial charge is 0.339 e. The van der Waals surface area contributed by atoms with Crippen LogP contribution in [0, 0.1) is 13.8 Å². The molecule has 3 rings (SSSR count). The Balaban J connectivity index is 2.44. The van der Waals surface area contributed by atoms with Gasteiger partial charge in [0.25, 0.3) is 0 Å². The highest BCUT2D eigenvalue weighted by Crippen LogP contribution is 2.36. The van der Waals surface area contributed by atoms with E-state index in [1.807, 2.05) is 33.0 Å². The van der Waals surface area contributed by atoms with E-state index in [2.05, 4.69) is 15.7 Å². The van der Waals surface area contributed by atoms with Crippen LogP contribution in [-0.2, 0) is 14.1 Å². The van der Waals surface area contributed by atoms with Crippen molar-refractivity contribution in [1.82, 2.24) is 14.3 Å². The number of carboxylic acid groups (broad SMARTS) is 1. The normalized spacial score (nSPS) is 11.2. The molecule has 0 aliphatic rings. The molecular weight excluding hydrogens is 266 g/mol. The third kappa shape index (κ3) is 1.85. The first-order valence-corrected chi connectivity index (χ1v) is 6.73. The van der Waals surface area contributed by atoms with Crippen LogP contribution in [0.3, 0.4) is 0 Å². The van der Waals surface area contributed by atoms with Crippen LogP contribution < -0.4 is 0 Å². The van der Waals surface area contributed by atoms with Crippen LogP contribution in [-0.4, -0.2) is 25.4 Å². The van der Waals surface area contributed by atoms with Gasteiger partial charge in [0.2, 0.25) is 0 Å². The van der Waals surface area contributed by atoms with Crippen LogP contribution >= 0.6 is 0 Å². The van der Waals surface area contributed by atoms with E-state index < -0.39 is 5.97 Å². The molecule has 0 fully saturated rings. The number of fused-ring (bicyclic) bond motifs is 1. The quantitative estimate of drug-likeness (QED) is 0.786. The van der Waals surface area contributed by atoms with Crippen LogP contribution in [0.25, 0.3) is 22.2 Å². The second-order valence-electron chi connectivity index (χ2n) is 5.38. The molecule has 0 atom stereocenters. The second-order valence-corrected chi connectivity index (χ2v) is 5.38. The minimum Gasteiger partial charge on any atom is -0.478 e. The topological polar surface area (TPSA) is 60.0 Å². The minimum absolute atomic E-state index is 0.230. The second kappa shape index (κ2) is 4.48. The summed E-state index contributed by atoms with van der Waals surface area (Å²) in [6, 6.07) is 6.20. The summed E-state index contributed by atoms with van der Waals surface area (Å²) < 4.78 is 3.72. The molecule has 0 radical (unpaired) electrons. The van der Waals surface area contributed by atoms with E-state index in [0.717, 1.165) is 22.2 Å². The monoisotopic (exact) mass is 283 g/mol. The molecule has 0 saturated heterocycles. The molecule has 5 nitrogen and oxygen atoms in total. The van der Waals surface area contributed by atoms with Gasteiger partial charge in [-0.1, -0.05) is 12.1 Å². The van der Waals surface area contributed by atoms with Gasteiger partial charge in [0.05, 0.1) is 11.9 Å². The van der Waals surface area contributed by atoms with E-state index >= 15 is 0 Å². The Morgan fingerprint density at radius 2 is 1.95 bits per heavy atom. The summed E-state index contributed by atoms with van der Waals surface area (Å²) in [7, 11) is 3.77. The van der Waals surface area contributed by atoms with E-state index in [1.54, 1.807) is 11.7 Å². The molecule has 0 aliphatic carbocycles. The highest BCUT2D eigenvalue weighted by Gasteiger charge is 2.22. The average Bonchev–Trinajstić information content (AvgIpc) is 2.91. The largest absolute Gasteiger partial charge is 0.478 e. The van der Waals surface area contributed by atoms with Gasteiger partial charge in [-0.15, -0.1) is 0 Å². The average molecular weight is 283 g/mol. The van der Waals surface area contributed by atoms with Gasteiger partial charge >= 0.3 is 5.97 Å². The van der Waals surface area contributed by atoms with Crippen LogP contribution in [0.15, 0.2) is 24.4 Å². The van der Waals surface area contributed by atoms with Crippen molar-refractivity contribution in [3.8, 4) is 11.3 Å².